The molecular formula is C18H12Br2N2O5. The lowest BCUT2D eigenvalue weighted by Crippen LogP contribution is -2.05. The maximum Gasteiger partial charge on any atom is 0.363 e. The summed E-state index contributed by atoms with van der Waals surface area (Å²) in [6.07, 6.45) is 1.59. The topological polar surface area (TPSA) is 91.0 Å². The van der Waals surface area contributed by atoms with Crippen molar-refractivity contribution in [3.05, 3.63) is 72.3 Å². The molecule has 0 spiro atoms. The quantitative estimate of drug-likeness (QED) is 0.255. The number of nitrogens with zero attached hydrogens (tertiary/aromatic N) is 2. The first-order valence-corrected chi connectivity index (χ1v) is 9.37. The number of hydrogen-bond acceptors (Lipinski definition) is 6. The molecule has 0 bridgehead atoms. The highest BCUT2D eigenvalue weighted by Gasteiger charge is 2.24. The Kier molecular flexibility index (Phi) is 5.71. The highest BCUT2D eigenvalue weighted by molar-refractivity contribution is 9.11. The molecule has 1 heterocycles. The van der Waals surface area contributed by atoms with Gasteiger partial charge in [-0.3, -0.25) is 10.1 Å². The third kappa shape index (κ3) is 4.25. The van der Waals surface area contributed by atoms with Gasteiger partial charge in [0.15, 0.2) is 5.70 Å². The van der Waals surface area contributed by atoms with E-state index in [0.717, 1.165) is 14.5 Å². The molecule has 0 saturated carbocycles. The van der Waals surface area contributed by atoms with Crippen LogP contribution in [0.1, 0.15) is 18.1 Å². The van der Waals surface area contributed by atoms with Gasteiger partial charge in [-0.15, -0.1) is 0 Å². The average Bonchev–Trinajstić information content (AvgIpc) is 2.99. The summed E-state index contributed by atoms with van der Waals surface area (Å²) < 4.78 is 12.2. The number of non-ortho nitro benzene ring substituents is 1. The number of ether oxygens (including phenoxy) is 2. The van der Waals surface area contributed by atoms with Crippen LogP contribution in [-0.4, -0.2) is 23.4 Å². The summed E-state index contributed by atoms with van der Waals surface area (Å²) in [4.78, 5) is 26.5. The Morgan fingerprint density at radius 1 is 1.22 bits per heavy atom. The normalized spacial score (nSPS) is 14.9. The number of halogens is 2. The molecule has 138 valence electrons. The molecule has 2 aromatic rings. The lowest BCUT2D eigenvalue weighted by Gasteiger charge is -2.09. The molecule has 0 radical (unpaired) electrons. The zero-order valence-electron chi connectivity index (χ0n) is 13.9. The molecule has 9 heteroatoms. The second-order valence-electron chi connectivity index (χ2n) is 5.39. The fourth-order valence-electron chi connectivity index (χ4n) is 2.36. The third-order valence-electron chi connectivity index (χ3n) is 3.56. The van der Waals surface area contributed by atoms with Crippen molar-refractivity contribution in [2.45, 2.75) is 6.92 Å². The number of hydrogen-bond donors (Lipinski definition) is 0. The van der Waals surface area contributed by atoms with Gasteiger partial charge in [0.05, 0.1) is 20.5 Å². The molecule has 0 saturated heterocycles. The molecule has 27 heavy (non-hydrogen) atoms. The zero-order chi connectivity index (χ0) is 19.6. The number of nitro benzene ring substituents is 1. The van der Waals surface area contributed by atoms with Gasteiger partial charge in [0.2, 0.25) is 5.90 Å². The van der Waals surface area contributed by atoms with Gasteiger partial charge in [0, 0.05) is 17.7 Å². The Balaban J connectivity index is 1.91. The van der Waals surface area contributed by atoms with Gasteiger partial charge in [0.25, 0.3) is 5.69 Å². The van der Waals surface area contributed by atoms with Gasteiger partial charge < -0.3 is 9.47 Å². The highest BCUT2D eigenvalue weighted by Crippen LogP contribution is 2.35. The second kappa shape index (κ2) is 8.01. The lowest BCUT2D eigenvalue weighted by molar-refractivity contribution is -0.384. The summed E-state index contributed by atoms with van der Waals surface area (Å²) in [5.41, 5.74) is 1.28. The molecule has 3 rings (SSSR count). The van der Waals surface area contributed by atoms with Crippen molar-refractivity contribution in [2.24, 2.45) is 4.99 Å². The Bertz CT molecular complexity index is 961. The van der Waals surface area contributed by atoms with E-state index in [2.05, 4.69) is 36.9 Å². The van der Waals surface area contributed by atoms with Gasteiger partial charge in [-0.05, 0) is 74.7 Å². The summed E-state index contributed by atoms with van der Waals surface area (Å²) in [5, 5.41) is 10.7. The first-order chi connectivity index (χ1) is 12.9. The Morgan fingerprint density at radius 3 is 2.41 bits per heavy atom. The van der Waals surface area contributed by atoms with Crippen LogP contribution in [0.3, 0.4) is 0 Å². The van der Waals surface area contributed by atoms with E-state index in [4.69, 9.17) is 9.47 Å². The minimum atomic E-state index is -0.593. The van der Waals surface area contributed by atoms with E-state index in [9.17, 15) is 14.9 Å². The van der Waals surface area contributed by atoms with E-state index in [1.54, 1.807) is 18.2 Å². The predicted molar refractivity (Wildman–Crippen MR) is 107 cm³/mol. The maximum absolute atomic E-state index is 12.1. The molecule has 0 amide bonds. The van der Waals surface area contributed by atoms with E-state index in [1.807, 2.05) is 6.92 Å². The van der Waals surface area contributed by atoms with Crippen molar-refractivity contribution in [2.75, 3.05) is 6.61 Å². The van der Waals surface area contributed by atoms with E-state index in [-0.39, 0.29) is 17.3 Å². The van der Waals surface area contributed by atoms with Crippen LogP contribution in [0.15, 0.2) is 56.0 Å². The lowest BCUT2D eigenvalue weighted by atomic mass is 10.2. The molecule has 0 aromatic heterocycles. The number of benzene rings is 2. The number of nitro groups is 1. The summed E-state index contributed by atoms with van der Waals surface area (Å²) in [6, 6.07) is 9.22. The van der Waals surface area contributed by atoms with Gasteiger partial charge in [-0.25, -0.2) is 9.79 Å². The van der Waals surface area contributed by atoms with Gasteiger partial charge in [0.1, 0.15) is 5.75 Å². The van der Waals surface area contributed by atoms with Crippen LogP contribution in [0.5, 0.6) is 5.75 Å². The fraction of sp³-hybridized carbons (Fsp3) is 0.111. The first-order valence-electron chi connectivity index (χ1n) is 7.78. The minimum absolute atomic E-state index is 0.0523. The molecular weight excluding hydrogens is 484 g/mol. The van der Waals surface area contributed by atoms with Crippen molar-refractivity contribution in [1.29, 1.82) is 0 Å². The second-order valence-corrected chi connectivity index (χ2v) is 7.10. The summed E-state index contributed by atoms with van der Waals surface area (Å²) in [6.45, 7) is 2.41. The highest BCUT2D eigenvalue weighted by atomic mass is 79.9. The van der Waals surface area contributed by atoms with Gasteiger partial charge in [-0.1, -0.05) is 0 Å². The fourth-order valence-corrected chi connectivity index (χ4v) is 3.81. The molecule has 1 aliphatic heterocycles. The van der Waals surface area contributed by atoms with Crippen molar-refractivity contribution >= 4 is 55.5 Å². The van der Waals surface area contributed by atoms with Crippen LogP contribution < -0.4 is 4.74 Å². The number of rotatable bonds is 5. The van der Waals surface area contributed by atoms with Crippen molar-refractivity contribution in [1.82, 2.24) is 0 Å². The molecule has 2 aromatic carbocycles. The zero-order valence-corrected chi connectivity index (χ0v) is 17.1. The summed E-state index contributed by atoms with van der Waals surface area (Å²) in [7, 11) is 0. The van der Waals surface area contributed by atoms with E-state index >= 15 is 0 Å². The summed E-state index contributed by atoms with van der Waals surface area (Å²) in [5.74, 6) is 0.179. The largest absolute Gasteiger partial charge is 0.492 e. The van der Waals surface area contributed by atoms with E-state index in [0.29, 0.717) is 17.9 Å². The standard InChI is InChI=1S/C18H12Br2N2O5/c1-2-26-16-13(19)7-10(8-14(16)20)9-15-18(23)27-17(21-15)11-3-5-12(6-4-11)22(24)25/h3-9H,2H2,1H3. The maximum atomic E-state index is 12.1. The molecule has 1 aliphatic rings. The monoisotopic (exact) mass is 494 g/mol. The number of aliphatic imine (C=N–C) groups is 1. The molecule has 0 unspecified atom stereocenters. The minimum Gasteiger partial charge on any atom is -0.492 e. The predicted octanol–water partition coefficient (Wildman–Crippen LogP) is 4.86. The number of carbonyl (C=O) groups excluding carboxylic acids is 1. The summed E-state index contributed by atoms with van der Waals surface area (Å²) >= 11 is 6.88. The number of cyclic esters (lactones) is 1. The van der Waals surface area contributed by atoms with Gasteiger partial charge >= 0.3 is 5.97 Å². The number of carbonyl (C=O) groups is 1. The van der Waals surface area contributed by atoms with Crippen LogP contribution in [-0.2, 0) is 9.53 Å². The molecule has 7 nitrogen and oxygen atoms in total. The first kappa shape index (κ1) is 19.2. The number of esters is 1. The van der Waals surface area contributed by atoms with Crippen LogP contribution in [0.25, 0.3) is 6.08 Å². The SMILES string of the molecule is CCOc1c(Br)cc(C=C2N=C(c3ccc([N+](=O)[O-])cc3)OC2=O)cc1Br. The molecule has 0 N–H and O–H groups in total. The Labute approximate surface area is 171 Å². The van der Waals surface area contributed by atoms with Crippen LogP contribution in [0.4, 0.5) is 5.69 Å². The molecule has 0 atom stereocenters. The van der Waals surface area contributed by atoms with Crippen LogP contribution in [0.2, 0.25) is 0 Å². The Morgan fingerprint density at radius 2 is 1.85 bits per heavy atom. The van der Waals surface area contributed by atoms with Crippen LogP contribution in [0, 0.1) is 10.1 Å². The van der Waals surface area contributed by atoms with Crippen molar-refractivity contribution in [3.63, 3.8) is 0 Å². The van der Waals surface area contributed by atoms with E-state index in [1.165, 1.54) is 24.3 Å². The smallest absolute Gasteiger partial charge is 0.363 e. The van der Waals surface area contributed by atoms with E-state index < -0.39 is 10.9 Å². The molecule has 0 aliphatic carbocycles. The van der Waals surface area contributed by atoms with Crippen molar-refractivity contribution in [3.8, 4) is 5.75 Å². The van der Waals surface area contributed by atoms with Crippen molar-refractivity contribution < 1.29 is 19.2 Å². The van der Waals surface area contributed by atoms with Gasteiger partial charge in [-0.2, -0.15) is 0 Å². The van der Waals surface area contributed by atoms with Crippen LogP contribution >= 0.6 is 31.9 Å². The third-order valence-corrected chi connectivity index (χ3v) is 4.74. The Hall–Kier alpha value is -2.52. The average molecular weight is 496 g/mol. The molecule has 0 fully saturated rings.